The number of terminal acetylenes is 1. The van der Waals surface area contributed by atoms with Gasteiger partial charge in [-0.25, -0.2) is 0 Å². The Labute approximate surface area is 67.8 Å². The van der Waals surface area contributed by atoms with Gasteiger partial charge in [-0.1, -0.05) is 0 Å². The van der Waals surface area contributed by atoms with Crippen LogP contribution in [0.3, 0.4) is 0 Å². The fraction of sp³-hybridized carbons (Fsp3) is 0.800. The smallest absolute Gasteiger partial charge is 0.0574 e. The van der Waals surface area contributed by atoms with Crippen molar-refractivity contribution in [2.45, 2.75) is 31.8 Å². The van der Waals surface area contributed by atoms with Crippen LogP contribution in [-0.2, 0) is 0 Å². The summed E-state index contributed by atoms with van der Waals surface area (Å²) in [5.41, 5.74) is 0. The van der Waals surface area contributed by atoms with Gasteiger partial charge in [0.25, 0.3) is 0 Å². The van der Waals surface area contributed by atoms with E-state index in [1.54, 1.807) is 0 Å². The minimum Gasteiger partial charge on any atom is -0.393 e. The van der Waals surface area contributed by atoms with Crippen molar-refractivity contribution in [3.8, 4) is 12.3 Å². The van der Waals surface area contributed by atoms with Gasteiger partial charge in [0.2, 0.25) is 0 Å². The van der Waals surface area contributed by atoms with Crippen LogP contribution in [0.15, 0.2) is 0 Å². The molecule has 2 aliphatic rings. The van der Waals surface area contributed by atoms with Gasteiger partial charge in [0.05, 0.1) is 6.10 Å². The van der Waals surface area contributed by atoms with Crippen LogP contribution in [0, 0.1) is 30.1 Å². The quantitative estimate of drug-likeness (QED) is 0.560. The van der Waals surface area contributed by atoms with Gasteiger partial charge >= 0.3 is 0 Å². The first-order valence-electron chi connectivity index (χ1n) is 4.44. The van der Waals surface area contributed by atoms with E-state index < -0.39 is 0 Å². The van der Waals surface area contributed by atoms with Crippen molar-refractivity contribution in [1.82, 2.24) is 0 Å². The predicted octanol–water partition coefficient (Wildman–Crippen LogP) is 1.42. The molecule has 0 saturated heterocycles. The van der Waals surface area contributed by atoms with Crippen LogP contribution >= 0.6 is 0 Å². The van der Waals surface area contributed by atoms with E-state index >= 15 is 0 Å². The zero-order valence-electron chi connectivity index (χ0n) is 6.66. The number of fused-ring (bicyclic) bond motifs is 2. The summed E-state index contributed by atoms with van der Waals surface area (Å²) in [4.78, 5) is 0. The second-order valence-electron chi connectivity index (χ2n) is 3.88. The summed E-state index contributed by atoms with van der Waals surface area (Å²) in [6.07, 6.45) is 9.64. The lowest BCUT2D eigenvalue weighted by Crippen LogP contribution is -2.16. The molecule has 1 N–H and O–H groups in total. The third kappa shape index (κ3) is 0.973. The van der Waals surface area contributed by atoms with E-state index in [2.05, 4.69) is 5.92 Å². The maximum atomic E-state index is 9.55. The lowest BCUT2D eigenvalue weighted by molar-refractivity contribution is 0.107. The Bertz CT molecular complexity index is 192. The molecule has 0 aliphatic heterocycles. The first kappa shape index (κ1) is 7.18. The molecule has 0 radical (unpaired) electrons. The van der Waals surface area contributed by atoms with Crippen molar-refractivity contribution in [3.63, 3.8) is 0 Å². The summed E-state index contributed by atoms with van der Waals surface area (Å²) >= 11 is 0. The van der Waals surface area contributed by atoms with Crippen molar-refractivity contribution < 1.29 is 5.11 Å². The topological polar surface area (TPSA) is 20.2 Å². The molecule has 0 unspecified atom stereocenters. The van der Waals surface area contributed by atoms with Gasteiger partial charge in [0.15, 0.2) is 0 Å². The molecule has 60 valence electrons. The largest absolute Gasteiger partial charge is 0.393 e. The lowest BCUT2D eigenvalue weighted by atomic mass is 9.94. The van der Waals surface area contributed by atoms with Gasteiger partial charge in [-0.15, -0.1) is 12.3 Å². The van der Waals surface area contributed by atoms with Crippen LogP contribution in [0.25, 0.3) is 0 Å². The molecule has 2 rings (SSSR count). The minimum atomic E-state index is -0.0351. The second-order valence-corrected chi connectivity index (χ2v) is 3.88. The van der Waals surface area contributed by atoms with Crippen molar-refractivity contribution in [3.05, 3.63) is 0 Å². The van der Waals surface area contributed by atoms with Gasteiger partial charge in [-0.2, -0.15) is 0 Å². The minimum absolute atomic E-state index is 0.0351. The van der Waals surface area contributed by atoms with E-state index in [1.165, 1.54) is 12.8 Å². The van der Waals surface area contributed by atoms with Crippen LogP contribution in [0.4, 0.5) is 0 Å². The molecule has 2 bridgehead atoms. The molecular formula is C10H14O. The molecule has 0 amide bonds. The van der Waals surface area contributed by atoms with Crippen LogP contribution in [0.1, 0.15) is 25.7 Å². The average Bonchev–Trinajstić information content (AvgIpc) is 2.46. The van der Waals surface area contributed by atoms with Gasteiger partial charge in [-0.05, 0) is 37.0 Å². The van der Waals surface area contributed by atoms with Crippen molar-refractivity contribution in [2.75, 3.05) is 0 Å². The molecule has 2 saturated carbocycles. The Hall–Kier alpha value is -0.480. The van der Waals surface area contributed by atoms with Crippen molar-refractivity contribution >= 4 is 0 Å². The molecular weight excluding hydrogens is 136 g/mol. The average molecular weight is 150 g/mol. The summed E-state index contributed by atoms with van der Waals surface area (Å²) in [6.45, 7) is 0. The standard InChI is InChI=1S/C10H14O/c1-2-3-8-7-4-5-9(8)10(11)6-7/h1,7-11H,3-6H2/t7-,8+,9-,10-/m0/s1. The zero-order chi connectivity index (χ0) is 7.84. The summed E-state index contributed by atoms with van der Waals surface area (Å²) in [7, 11) is 0. The molecule has 0 aromatic carbocycles. The highest BCUT2D eigenvalue weighted by Gasteiger charge is 2.46. The SMILES string of the molecule is C#CC[C@@H]1[C@H]2CC[C@@H]1[C@@H](O)C2. The van der Waals surface area contributed by atoms with E-state index in [0.29, 0.717) is 11.8 Å². The highest BCUT2D eigenvalue weighted by Crippen LogP contribution is 2.50. The highest BCUT2D eigenvalue weighted by atomic mass is 16.3. The fourth-order valence-electron chi connectivity index (χ4n) is 2.89. The maximum Gasteiger partial charge on any atom is 0.0574 e. The van der Waals surface area contributed by atoms with E-state index in [4.69, 9.17) is 6.42 Å². The fourth-order valence-corrected chi connectivity index (χ4v) is 2.89. The molecule has 0 aromatic heterocycles. The Morgan fingerprint density at radius 1 is 1.45 bits per heavy atom. The summed E-state index contributed by atoms with van der Waals surface area (Å²) in [5.74, 6) is 4.65. The van der Waals surface area contributed by atoms with Gasteiger partial charge in [-0.3, -0.25) is 0 Å². The number of hydrogen-bond acceptors (Lipinski definition) is 1. The van der Waals surface area contributed by atoms with Crippen LogP contribution in [-0.4, -0.2) is 11.2 Å². The van der Waals surface area contributed by atoms with Crippen molar-refractivity contribution in [2.24, 2.45) is 17.8 Å². The Balaban J connectivity index is 2.08. The number of hydrogen-bond donors (Lipinski definition) is 1. The van der Waals surface area contributed by atoms with Gasteiger partial charge in [0, 0.05) is 6.42 Å². The van der Waals surface area contributed by atoms with Crippen molar-refractivity contribution in [1.29, 1.82) is 0 Å². The monoisotopic (exact) mass is 150 g/mol. The highest BCUT2D eigenvalue weighted by molar-refractivity contribution is 5.01. The molecule has 4 atom stereocenters. The van der Waals surface area contributed by atoms with Crippen LogP contribution in [0.2, 0.25) is 0 Å². The first-order chi connectivity index (χ1) is 5.33. The third-order valence-electron chi connectivity index (χ3n) is 3.42. The van der Waals surface area contributed by atoms with E-state index in [1.807, 2.05) is 0 Å². The van der Waals surface area contributed by atoms with E-state index in [9.17, 15) is 5.11 Å². The second kappa shape index (κ2) is 2.53. The molecule has 0 heterocycles. The summed E-state index contributed by atoms with van der Waals surface area (Å²) < 4.78 is 0. The Morgan fingerprint density at radius 2 is 2.27 bits per heavy atom. The Kier molecular flexibility index (Phi) is 1.65. The van der Waals surface area contributed by atoms with Gasteiger partial charge < -0.3 is 5.11 Å². The zero-order valence-corrected chi connectivity index (χ0v) is 6.66. The van der Waals surface area contributed by atoms with Crippen LogP contribution in [0.5, 0.6) is 0 Å². The summed E-state index contributed by atoms with van der Waals surface area (Å²) in [6, 6.07) is 0. The Morgan fingerprint density at radius 3 is 2.73 bits per heavy atom. The molecule has 0 aromatic rings. The number of aliphatic hydroxyl groups excluding tert-OH is 1. The number of rotatable bonds is 1. The summed E-state index contributed by atoms with van der Waals surface area (Å²) in [5, 5.41) is 9.55. The molecule has 11 heavy (non-hydrogen) atoms. The van der Waals surface area contributed by atoms with Crippen LogP contribution < -0.4 is 0 Å². The maximum absolute atomic E-state index is 9.55. The molecule has 2 aliphatic carbocycles. The molecule has 2 fully saturated rings. The van der Waals surface area contributed by atoms with Gasteiger partial charge in [0.1, 0.15) is 0 Å². The normalized spacial score (nSPS) is 47.6. The first-order valence-corrected chi connectivity index (χ1v) is 4.44. The molecule has 0 spiro atoms. The lowest BCUT2D eigenvalue weighted by Gasteiger charge is -2.15. The molecule has 1 heteroatoms. The number of aliphatic hydroxyl groups is 1. The van der Waals surface area contributed by atoms with E-state index in [-0.39, 0.29) is 6.10 Å². The third-order valence-corrected chi connectivity index (χ3v) is 3.42. The van der Waals surface area contributed by atoms with E-state index in [0.717, 1.165) is 18.8 Å². The predicted molar refractivity (Wildman–Crippen MR) is 43.8 cm³/mol. The molecule has 1 nitrogen and oxygen atoms in total.